The van der Waals surface area contributed by atoms with Crippen LogP contribution in [-0.4, -0.2) is 12.1 Å². The molecule has 0 aromatic carbocycles. The first-order chi connectivity index (χ1) is 6.54. The Hall–Kier alpha value is 0.260. The van der Waals surface area contributed by atoms with Crippen LogP contribution < -0.4 is 21.2 Å². The van der Waals surface area contributed by atoms with E-state index < -0.39 is 15.3 Å². The molecule has 9 heteroatoms. The lowest BCUT2D eigenvalue weighted by Crippen LogP contribution is -2.29. The van der Waals surface area contributed by atoms with Crippen molar-refractivity contribution in [1.82, 2.24) is 10.2 Å². The monoisotopic (exact) mass is 258 g/mol. The van der Waals surface area contributed by atoms with E-state index in [2.05, 4.69) is 10.2 Å². The SMILES string of the molecule is CC(C)NP(N)(=O)OP(N)(=O)NC(C)C. The van der Waals surface area contributed by atoms with Gasteiger partial charge in [-0.1, -0.05) is 0 Å². The van der Waals surface area contributed by atoms with E-state index in [0.717, 1.165) is 0 Å². The molecule has 2 atom stereocenters. The van der Waals surface area contributed by atoms with E-state index >= 15 is 0 Å². The van der Waals surface area contributed by atoms with Crippen LogP contribution in [0.25, 0.3) is 0 Å². The average Bonchev–Trinajstić information content (AvgIpc) is 1.73. The van der Waals surface area contributed by atoms with Crippen molar-refractivity contribution in [3.63, 3.8) is 0 Å². The molecule has 0 saturated heterocycles. The van der Waals surface area contributed by atoms with Gasteiger partial charge < -0.3 is 0 Å². The number of hydrogen-bond donors (Lipinski definition) is 4. The fraction of sp³-hybridized carbons (Fsp3) is 1.00. The lowest BCUT2D eigenvalue weighted by molar-refractivity contribution is 0.429. The Balaban J connectivity index is 4.44. The summed E-state index contributed by atoms with van der Waals surface area (Å²) in [4.78, 5) is 0. The molecule has 0 heterocycles. The predicted molar refractivity (Wildman–Crippen MR) is 61.2 cm³/mol. The zero-order valence-corrected chi connectivity index (χ0v) is 11.2. The Bertz CT molecular complexity index is 266. The summed E-state index contributed by atoms with van der Waals surface area (Å²) in [6.07, 6.45) is 0. The van der Waals surface area contributed by atoms with Gasteiger partial charge in [-0.2, -0.15) is 0 Å². The van der Waals surface area contributed by atoms with Crippen molar-refractivity contribution in [3.8, 4) is 0 Å². The van der Waals surface area contributed by atoms with Gasteiger partial charge in [0.15, 0.2) is 0 Å². The molecule has 0 amide bonds. The van der Waals surface area contributed by atoms with Gasteiger partial charge in [0, 0.05) is 12.1 Å². The van der Waals surface area contributed by atoms with Crippen molar-refractivity contribution in [2.45, 2.75) is 39.8 Å². The van der Waals surface area contributed by atoms with Crippen LogP contribution in [0.2, 0.25) is 0 Å². The van der Waals surface area contributed by atoms with Crippen LogP contribution >= 0.6 is 15.3 Å². The van der Waals surface area contributed by atoms with Gasteiger partial charge in [-0.05, 0) is 27.7 Å². The third kappa shape index (κ3) is 8.11. The highest BCUT2D eigenvalue weighted by atomic mass is 31.3. The number of hydrogen-bond acceptors (Lipinski definition) is 3. The topological polar surface area (TPSA) is 119 Å². The van der Waals surface area contributed by atoms with Gasteiger partial charge in [-0.15, -0.1) is 0 Å². The molecule has 92 valence electrons. The summed E-state index contributed by atoms with van der Waals surface area (Å²) in [7, 11) is -7.25. The normalized spacial score (nSPS) is 20.3. The van der Waals surface area contributed by atoms with Crippen LogP contribution in [0.1, 0.15) is 27.7 Å². The van der Waals surface area contributed by atoms with Crippen molar-refractivity contribution in [2.75, 3.05) is 0 Å². The van der Waals surface area contributed by atoms with E-state index in [1.807, 2.05) is 0 Å². The van der Waals surface area contributed by atoms with Gasteiger partial charge in [0.1, 0.15) is 0 Å². The molecule has 0 aromatic rings. The Morgan fingerprint density at radius 3 is 1.40 bits per heavy atom. The molecule has 0 spiro atoms. The second kappa shape index (κ2) is 5.55. The van der Waals surface area contributed by atoms with E-state index in [4.69, 9.17) is 15.3 Å². The highest BCUT2D eigenvalue weighted by molar-refractivity contribution is 7.67. The Kier molecular flexibility index (Phi) is 5.64. The van der Waals surface area contributed by atoms with Crippen LogP contribution in [0, 0.1) is 0 Å². The van der Waals surface area contributed by atoms with Crippen LogP contribution in [0.4, 0.5) is 0 Å². The quantitative estimate of drug-likeness (QED) is 0.527. The first-order valence-corrected chi connectivity index (χ1v) is 7.97. The molecule has 15 heavy (non-hydrogen) atoms. The summed E-state index contributed by atoms with van der Waals surface area (Å²) in [5, 5.41) is 4.93. The molecule has 0 aliphatic carbocycles. The Labute approximate surface area is 90.4 Å². The molecule has 6 N–H and O–H groups in total. The number of nitrogens with one attached hydrogen (secondary N) is 2. The van der Waals surface area contributed by atoms with E-state index in [9.17, 15) is 9.13 Å². The molecule has 0 aromatic heterocycles. The number of rotatable bonds is 6. The predicted octanol–water partition coefficient (Wildman–Crippen LogP) is 1.13. The van der Waals surface area contributed by atoms with Crippen molar-refractivity contribution >= 4 is 15.3 Å². The van der Waals surface area contributed by atoms with E-state index in [1.54, 1.807) is 27.7 Å². The minimum atomic E-state index is -3.63. The summed E-state index contributed by atoms with van der Waals surface area (Å²) in [6.45, 7) is 6.95. The first kappa shape index (κ1) is 15.3. The molecular weight excluding hydrogens is 238 g/mol. The minimum Gasteiger partial charge on any atom is -0.256 e. The molecular formula is C6H20N4O3P2. The highest BCUT2D eigenvalue weighted by Gasteiger charge is 2.29. The molecule has 0 aliphatic heterocycles. The lowest BCUT2D eigenvalue weighted by Gasteiger charge is -2.22. The van der Waals surface area contributed by atoms with Gasteiger partial charge in [0.25, 0.3) is 0 Å². The summed E-state index contributed by atoms with van der Waals surface area (Å²) in [6, 6.07) is -0.306. The maximum absolute atomic E-state index is 11.6. The maximum Gasteiger partial charge on any atom is 0.345 e. The van der Waals surface area contributed by atoms with Crippen molar-refractivity contribution < 1.29 is 13.4 Å². The summed E-state index contributed by atoms with van der Waals surface area (Å²) in [5.41, 5.74) is 10.6. The van der Waals surface area contributed by atoms with Crippen molar-refractivity contribution in [1.29, 1.82) is 0 Å². The smallest absolute Gasteiger partial charge is 0.256 e. The van der Waals surface area contributed by atoms with Crippen molar-refractivity contribution in [2.24, 2.45) is 11.0 Å². The molecule has 0 bridgehead atoms. The molecule has 0 rings (SSSR count). The molecule has 0 aliphatic rings. The van der Waals surface area contributed by atoms with E-state index in [-0.39, 0.29) is 12.1 Å². The average molecular weight is 258 g/mol. The minimum absolute atomic E-state index is 0.153. The van der Waals surface area contributed by atoms with Gasteiger partial charge in [-0.25, -0.2) is 25.5 Å². The fourth-order valence-electron chi connectivity index (χ4n) is 0.947. The second-order valence-corrected chi connectivity index (χ2v) is 7.40. The summed E-state index contributed by atoms with van der Waals surface area (Å²) < 4.78 is 27.8. The standard InChI is InChI=1S/C6H20N4O3P2/c1-5(2)9-14(7,11)13-15(8,12)10-6(3)4/h5-6H,1-4H3,(H3,7,9,11)(H3,8,10,12). The molecule has 0 saturated carbocycles. The van der Waals surface area contributed by atoms with E-state index in [1.165, 1.54) is 0 Å². The second-order valence-electron chi connectivity index (χ2n) is 3.84. The Morgan fingerprint density at radius 1 is 0.933 bits per heavy atom. The van der Waals surface area contributed by atoms with Gasteiger partial charge in [0.05, 0.1) is 0 Å². The highest BCUT2D eigenvalue weighted by Crippen LogP contribution is 2.50. The third-order valence-electron chi connectivity index (χ3n) is 1.12. The zero-order chi connectivity index (χ0) is 12.3. The lowest BCUT2D eigenvalue weighted by atomic mass is 10.4. The summed E-state index contributed by atoms with van der Waals surface area (Å²) in [5.74, 6) is 0. The fourth-order valence-corrected chi connectivity index (χ4v) is 4.21. The van der Waals surface area contributed by atoms with Crippen molar-refractivity contribution in [3.05, 3.63) is 0 Å². The largest absolute Gasteiger partial charge is 0.345 e. The number of nitrogens with two attached hydrogens (primary N) is 2. The van der Waals surface area contributed by atoms with Crippen LogP contribution in [0.15, 0.2) is 0 Å². The zero-order valence-electron chi connectivity index (χ0n) is 9.43. The molecule has 0 fully saturated rings. The van der Waals surface area contributed by atoms with Gasteiger partial charge in [-0.3, -0.25) is 9.13 Å². The van der Waals surface area contributed by atoms with Crippen LogP contribution in [-0.2, 0) is 13.4 Å². The molecule has 0 radical (unpaired) electrons. The van der Waals surface area contributed by atoms with Gasteiger partial charge in [0.2, 0.25) is 0 Å². The van der Waals surface area contributed by atoms with E-state index in [0.29, 0.717) is 0 Å². The Morgan fingerprint density at radius 2 is 1.20 bits per heavy atom. The van der Waals surface area contributed by atoms with Crippen LogP contribution in [0.3, 0.4) is 0 Å². The maximum atomic E-state index is 11.6. The third-order valence-corrected chi connectivity index (χ3v) is 4.81. The summed E-state index contributed by atoms with van der Waals surface area (Å²) >= 11 is 0. The van der Waals surface area contributed by atoms with Gasteiger partial charge >= 0.3 is 15.3 Å². The molecule has 7 nitrogen and oxygen atoms in total. The first-order valence-electron chi connectivity index (χ1n) is 4.58. The van der Waals surface area contributed by atoms with Crippen LogP contribution in [0.5, 0.6) is 0 Å². The molecule has 2 unspecified atom stereocenters.